The molecule has 32 heavy (non-hydrogen) atoms. The molecule has 0 bridgehead atoms. The van der Waals surface area contributed by atoms with Crippen LogP contribution in [0.1, 0.15) is 6.92 Å². The van der Waals surface area contributed by atoms with Crippen LogP contribution in [0.4, 0.5) is 5.69 Å². The average molecular weight is 437 g/mol. The zero-order valence-electron chi connectivity index (χ0n) is 17.4. The molecular weight excluding hydrogens is 416 g/mol. The van der Waals surface area contributed by atoms with Gasteiger partial charge in [0.25, 0.3) is 0 Å². The number of benzene rings is 3. The van der Waals surface area contributed by atoms with Crippen molar-refractivity contribution < 1.29 is 4.79 Å². The number of amides is 1. The molecule has 2 aromatic heterocycles. The zero-order valence-corrected chi connectivity index (χ0v) is 18.2. The normalized spacial score (nSPS) is 10.9. The maximum Gasteiger partial charge on any atom is 0.221 e. The Hall–Kier alpha value is -4.03. The average Bonchev–Trinajstić information content (AvgIpc) is 3.27. The van der Waals surface area contributed by atoms with Crippen LogP contribution in [0.5, 0.6) is 0 Å². The van der Waals surface area contributed by atoms with Crippen molar-refractivity contribution >= 4 is 29.5 Å². The maximum atomic E-state index is 11.3. The molecule has 0 radical (unpaired) electrons. The van der Waals surface area contributed by atoms with Crippen LogP contribution >= 0.6 is 12.2 Å². The molecule has 0 spiro atoms. The highest BCUT2D eigenvalue weighted by Gasteiger charge is 2.11. The molecule has 0 atom stereocenters. The van der Waals surface area contributed by atoms with Crippen molar-refractivity contribution in [3.63, 3.8) is 0 Å². The van der Waals surface area contributed by atoms with Crippen molar-refractivity contribution in [3.8, 4) is 33.5 Å². The molecule has 5 aromatic rings. The number of aromatic nitrogens is 3. The van der Waals surface area contributed by atoms with Gasteiger partial charge in [0.1, 0.15) is 5.65 Å². The number of hydrogen-bond donors (Lipinski definition) is 2. The number of nitrogens with one attached hydrogen (secondary N) is 2. The van der Waals surface area contributed by atoms with Crippen LogP contribution in [0.15, 0.2) is 91.3 Å². The number of fused-ring (bicyclic) bond motifs is 1. The van der Waals surface area contributed by atoms with Crippen molar-refractivity contribution in [1.29, 1.82) is 0 Å². The smallest absolute Gasteiger partial charge is 0.221 e. The minimum absolute atomic E-state index is 0.0938. The lowest BCUT2D eigenvalue weighted by Crippen LogP contribution is -2.05. The minimum Gasteiger partial charge on any atom is -0.339 e. The van der Waals surface area contributed by atoms with E-state index in [2.05, 4.69) is 51.7 Å². The molecule has 0 aliphatic heterocycles. The van der Waals surface area contributed by atoms with E-state index in [0.29, 0.717) is 4.77 Å². The van der Waals surface area contributed by atoms with Crippen LogP contribution in [0.25, 0.3) is 39.2 Å². The number of carbonyl (C=O) groups excluding carboxylic acids is 1. The molecule has 3 aromatic carbocycles. The Morgan fingerprint density at radius 2 is 1.50 bits per heavy atom. The molecule has 5 rings (SSSR count). The molecule has 0 aliphatic carbocycles. The molecule has 5 nitrogen and oxygen atoms in total. The summed E-state index contributed by atoms with van der Waals surface area (Å²) in [6.45, 7) is 1.49. The molecule has 2 N–H and O–H groups in total. The highest BCUT2D eigenvalue weighted by atomic mass is 32.1. The van der Waals surface area contributed by atoms with E-state index in [1.165, 1.54) is 12.5 Å². The fourth-order valence-corrected chi connectivity index (χ4v) is 3.97. The van der Waals surface area contributed by atoms with Gasteiger partial charge in [-0.15, -0.1) is 0 Å². The quantitative estimate of drug-likeness (QED) is 0.323. The second-order valence-electron chi connectivity index (χ2n) is 7.54. The Morgan fingerprint density at radius 1 is 0.875 bits per heavy atom. The Bertz CT molecular complexity index is 1470. The first-order valence-corrected chi connectivity index (χ1v) is 10.6. The van der Waals surface area contributed by atoms with Gasteiger partial charge in [0.2, 0.25) is 10.7 Å². The monoisotopic (exact) mass is 436 g/mol. The molecule has 0 aliphatic rings. The lowest BCUT2D eigenvalue weighted by molar-refractivity contribution is -0.114. The van der Waals surface area contributed by atoms with E-state index in [-0.39, 0.29) is 5.91 Å². The molecule has 0 unspecified atom stereocenters. The second kappa shape index (κ2) is 8.24. The Morgan fingerprint density at radius 3 is 2.19 bits per heavy atom. The third-order valence-corrected chi connectivity index (χ3v) is 5.64. The predicted molar refractivity (Wildman–Crippen MR) is 131 cm³/mol. The van der Waals surface area contributed by atoms with E-state index >= 15 is 0 Å². The van der Waals surface area contributed by atoms with Crippen molar-refractivity contribution in [2.75, 3.05) is 5.32 Å². The summed E-state index contributed by atoms with van der Waals surface area (Å²) in [4.78, 5) is 19.2. The SMILES string of the molecule is CC(=O)Nc1ccc(-c2cn3c(=S)ncc(-c4ccc(-c5ccccc5)cc4)c3[nH]2)cc1. The van der Waals surface area contributed by atoms with Gasteiger partial charge in [-0.3, -0.25) is 9.20 Å². The van der Waals surface area contributed by atoms with Gasteiger partial charge in [-0.1, -0.05) is 66.7 Å². The fourth-order valence-electron chi connectivity index (χ4n) is 3.77. The summed E-state index contributed by atoms with van der Waals surface area (Å²) in [6.07, 6.45) is 3.77. The first-order chi connectivity index (χ1) is 15.6. The third-order valence-electron chi connectivity index (χ3n) is 5.34. The van der Waals surface area contributed by atoms with Gasteiger partial charge >= 0.3 is 0 Å². The largest absolute Gasteiger partial charge is 0.339 e. The van der Waals surface area contributed by atoms with Gasteiger partial charge in [-0.25, -0.2) is 4.98 Å². The van der Waals surface area contributed by atoms with Crippen molar-refractivity contribution in [1.82, 2.24) is 14.4 Å². The van der Waals surface area contributed by atoms with Crippen LogP contribution in [0.2, 0.25) is 0 Å². The lowest BCUT2D eigenvalue weighted by Gasteiger charge is -2.06. The van der Waals surface area contributed by atoms with Gasteiger partial charge in [0, 0.05) is 30.6 Å². The molecular formula is C26H20N4OS. The summed E-state index contributed by atoms with van der Waals surface area (Å²) in [7, 11) is 0. The number of imidazole rings is 1. The van der Waals surface area contributed by atoms with Gasteiger partial charge in [-0.05, 0) is 46.6 Å². The van der Waals surface area contributed by atoms with E-state index in [9.17, 15) is 4.79 Å². The first-order valence-electron chi connectivity index (χ1n) is 10.2. The van der Waals surface area contributed by atoms with Gasteiger partial charge in [-0.2, -0.15) is 0 Å². The second-order valence-corrected chi connectivity index (χ2v) is 7.91. The van der Waals surface area contributed by atoms with Crippen molar-refractivity contribution in [2.24, 2.45) is 0 Å². The summed E-state index contributed by atoms with van der Waals surface area (Å²) in [6, 6.07) is 26.4. The Labute approximate surface area is 190 Å². The van der Waals surface area contributed by atoms with E-state index < -0.39 is 0 Å². The summed E-state index contributed by atoms with van der Waals surface area (Å²) in [5.74, 6) is -0.0938. The highest BCUT2D eigenvalue weighted by Crippen LogP contribution is 2.29. The predicted octanol–water partition coefficient (Wildman–Crippen LogP) is 6.35. The molecule has 2 heterocycles. The summed E-state index contributed by atoms with van der Waals surface area (Å²) >= 11 is 5.46. The standard InChI is InChI=1S/C26H20N4OS/c1-17(31)28-22-13-11-21(12-14-22)24-16-30-25(29-24)23(15-27-26(30)32)20-9-7-19(8-10-20)18-5-3-2-4-6-18/h2-16,29H,1H3,(H,28,31). The summed E-state index contributed by atoms with van der Waals surface area (Å²) in [5, 5.41) is 2.79. The third kappa shape index (κ3) is 3.84. The number of hydrogen-bond acceptors (Lipinski definition) is 3. The van der Waals surface area contributed by atoms with E-state index in [1.807, 2.05) is 59.3 Å². The molecule has 0 fully saturated rings. The molecule has 156 valence electrons. The number of carbonyl (C=O) groups is 1. The number of aromatic amines is 1. The fraction of sp³-hybridized carbons (Fsp3) is 0.0385. The molecule has 6 heteroatoms. The number of H-pyrrole nitrogens is 1. The van der Waals surface area contributed by atoms with Gasteiger partial charge < -0.3 is 10.3 Å². The summed E-state index contributed by atoms with van der Waals surface area (Å²) in [5.41, 5.74) is 7.93. The van der Waals surface area contributed by atoms with E-state index in [4.69, 9.17) is 12.2 Å². The van der Waals surface area contributed by atoms with Gasteiger partial charge in [0.05, 0.1) is 5.69 Å². The van der Waals surface area contributed by atoms with Crippen LogP contribution in [0, 0.1) is 4.77 Å². The molecule has 0 saturated carbocycles. The number of nitrogens with zero attached hydrogens (tertiary/aromatic N) is 2. The van der Waals surface area contributed by atoms with Crippen molar-refractivity contribution in [2.45, 2.75) is 6.92 Å². The van der Waals surface area contributed by atoms with Crippen LogP contribution in [-0.2, 0) is 4.79 Å². The minimum atomic E-state index is -0.0938. The summed E-state index contributed by atoms with van der Waals surface area (Å²) < 4.78 is 2.38. The van der Waals surface area contributed by atoms with E-state index in [1.54, 1.807) is 0 Å². The van der Waals surface area contributed by atoms with Crippen LogP contribution in [-0.4, -0.2) is 20.3 Å². The highest BCUT2D eigenvalue weighted by molar-refractivity contribution is 7.71. The molecule has 0 saturated heterocycles. The molecule has 1 amide bonds. The Kier molecular flexibility index (Phi) is 5.13. The first kappa shape index (κ1) is 19.9. The van der Waals surface area contributed by atoms with Crippen molar-refractivity contribution in [3.05, 3.63) is 96.0 Å². The van der Waals surface area contributed by atoms with Crippen LogP contribution < -0.4 is 5.32 Å². The van der Waals surface area contributed by atoms with Gasteiger partial charge in [0.15, 0.2) is 0 Å². The lowest BCUT2D eigenvalue weighted by atomic mass is 10.0. The Balaban J connectivity index is 1.54. The number of anilines is 1. The zero-order chi connectivity index (χ0) is 22.1. The van der Waals surface area contributed by atoms with Crippen LogP contribution in [0.3, 0.4) is 0 Å². The van der Waals surface area contributed by atoms with E-state index in [0.717, 1.165) is 39.3 Å². The number of rotatable bonds is 4. The maximum absolute atomic E-state index is 11.3. The topological polar surface area (TPSA) is 62.2 Å².